The molecule has 0 aliphatic rings. The Bertz CT molecular complexity index is 575. The van der Waals surface area contributed by atoms with Crippen LogP contribution in [0.5, 0.6) is 0 Å². The van der Waals surface area contributed by atoms with Crippen molar-refractivity contribution in [3.8, 4) is 0 Å². The number of halogens is 4. The van der Waals surface area contributed by atoms with Gasteiger partial charge in [0.2, 0.25) is 0 Å². The Morgan fingerprint density at radius 3 is 1.44 bits per heavy atom. The van der Waals surface area contributed by atoms with Crippen LogP contribution in [0.3, 0.4) is 0 Å². The summed E-state index contributed by atoms with van der Waals surface area (Å²) in [5, 5.41) is 0. The lowest BCUT2D eigenvalue weighted by atomic mass is 10.2. The van der Waals surface area contributed by atoms with Gasteiger partial charge < -0.3 is 0 Å². The number of aryl methyl sites for hydroxylation is 2. The molecular weight excluding hydrogens is 370 g/mol. The van der Waals surface area contributed by atoms with Crippen molar-refractivity contribution in [2.24, 2.45) is 0 Å². The number of nitrogens with zero attached hydrogens (tertiary/aromatic N) is 2. The largest absolute Gasteiger partial charge is 0.248 e. The third kappa shape index (κ3) is 2.05. The first-order chi connectivity index (χ1) is 8.51. The van der Waals surface area contributed by atoms with Crippen LogP contribution >= 0.6 is 31.9 Å². The second kappa shape index (κ2) is 5.17. The van der Waals surface area contributed by atoms with E-state index < -0.39 is 11.6 Å². The minimum absolute atomic E-state index is 0.0167. The van der Waals surface area contributed by atoms with E-state index in [4.69, 9.17) is 0 Å². The van der Waals surface area contributed by atoms with Gasteiger partial charge in [-0.2, -0.15) is 0 Å². The first kappa shape index (κ1) is 13.8. The standard InChI is InChI=1S/C12H10Br2F2N2/c1-3-5-6(4-2)18-12-8(14)10(16)9(15)7(13)11(12)17-5/h3-4H2,1-2H3. The molecule has 0 N–H and O–H groups in total. The van der Waals surface area contributed by atoms with Crippen LogP contribution in [0.1, 0.15) is 25.2 Å². The molecular formula is C12H10Br2F2N2. The van der Waals surface area contributed by atoms with Gasteiger partial charge in [-0.3, -0.25) is 0 Å². The smallest absolute Gasteiger partial charge is 0.176 e. The number of rotatable bonds is 2. The van der Waals surface area contributed by atoms with Gasteiger partial charge in [0.05, 0.1) is 20.3 Å². The Morgan fingerprint density at radius 2 is 1.17 bits per heavy atom. The fourth-order valence-electron chi connectivity index (χ4n) is 1.78. The van der Waals surface area contributed by atoms with Gasteiger partial charge >= 0.3 is 0 Å². The Morgan fingerprint density at radius 1 is 0.833 bits per heavy atom. The molecule has 0 aliphatic carbocycles. The van der Waals surface area contributed by atoms with E-state index in [1.807, 2.05) is 13.8 Å². The highest BCUT2D eigenvalue weighted by Crippen LogP contribution is 2.34. The molecule has 0 saturated carbocycles. The second-order valence-corrected chi connectivity index (χ2v) is 5.36. The Balaban J connectivity index is 2.93. The molecule has 2 rings (SSSR count). The van der Waals surface area contributed by atoms with Crippen molar-refractivity contribution >= 4 is 42.9 Å². The highest BCUT2D eigenvalue weighted by molar-refractivity contribution is 9.11. The van der Waals surface area contributed by atoms with E-state index in [-0.39, 0.29) is 8.95 Å². The maximum atomic E-state index is 13.6. The van der Waals surface area contributed by atoms with Crippen molar-refractivity contribution in [2.45, 2.75) is 26.7 Å². The van der Waals surface area contributed by atoms with E-state index in [9.17, 15) is 8.78 Å². The highest BCUT2D eigenvalue weighted by atomic mass is 79.9. The molecule has 0 saturated heterocycles. The van der Waals surface area contributed by atoms with Crippen molar-refractivity contribution in [1.82, 2.24) is 9.97 Å². The quantitative estimate of drug-likeness (QED) is 0.564. The van der Waals surface area contributed by atoms with Crippen LogP contribution in [0.2, 0.25) is 0 Å². The zero-order valence-corrected chi connectivity index (χ0v) is 13.0. The molecule has 6 heteroatoms. The SMILES string of the molecule is CCc1nc2c(Br)c(F)c(F)c(Br)c2nc1CC. The summed E-state index contributed by atoms with van der Waals surface area (Å²) < 4.78 is 27.3. The normalized spacial score (nSPS) is 11.2. The van der Waals surface area contributed by atoms with Crippen LogP contribution in [0, 0.1) is 11.6 Å². The lowest BCUT2D eigenvalue weighted by Crippen LogP contribution is -2.03. The number of fused-ring (bicyclic) bond motifs is 1. The third-order valence-electron chi connectivity index (χ3n) is 2.71. The number of hydrogen-bond donors (Lipinski definition) is 0. The van der Waals surface area contributed by atoms with Crippen LogP contribution in [0.25, 0.3) is 11.0 Å². The van der Waals surface area contributed by atoms with Gasteiger partial charge in [-0.1, -0.05) is 13.8 Å². The molecule has 96 valence electrons. The zero-order chi connectivity index (χ0) is 13.4. The molecule has 1 aromatic heterocycles. The van der Waals surface area contributed by atoms with E-state index in [2.05, 4.69) is 41.8 Å². The maximum Gasteiger partial charge on any atom is 0.176 e. The predicted molar refractivity (Wildman–Crippen MR) is 73.6 cm³/mol. The fourth-order valence-corrected chi connectivity index (χ4v) is 2.68. The molecule has 0 bridgehead atoms. The third-order valence-corrected chi connectivity index (χ3v) is 4.16. The van der Waals surface area contributed by atoms with Gasteiger partial charge in [0.25, 0.3) is 0 Å². The topological polar surface area (TPSA) is 25.8 Å². The molecule has 0 aliphatic heterocycles. The molecule has 2 aromatic rings. The Labute approximate surface area is 120 Å². The first-order valence-electron chi connectivity index (χ1n) is 5.52. The van der Waals surface area contributed by atoms with E-state index in [1.165, 1.54) is 0 Å². The molecule has 18 heavy (non-hydrogen) atoms. The zero-order valence-electron chi connectivity index (χ0n) is 9.82. The molecule has 0 atom stereocenters. The van der Waals surface area contributed by atoms with E-state index in [0.717, 1.165) is 11.4 Å². The molecule has 0 unspecified atom stereocenters. The van der Waals surface area contributed by atoms with Crippen LogP contribution in [-0.2, 0) is 12.8 Å². The van der Waals surface area contributed by atoms with Crippen molar-refractivity contribution in [3.63, 3.8) is 0 Å². The van der Waals surface area contributed by atoms with E-state index in [1.54, 1.807) is 0 Å². The minimum Gasteiger partial charge on any atom is -0.248 e. The summed E-state index contributed by atoms with van der Waals surface area (Å²) in [5.74, 6) is -1.90. The highest BCUT2D eigenvalue weighted by Gasteiger charge is 2.20. The van der Waals surface area contributed by atoms with Crippen LogP contribution < -0.4 is 0 Å². The average Bonchev–Trinajstić information content (AvgIpc) is 2.41. The number of benzene rings is 1. The summed E-state index contributed by atoms with van der Waals surface area (Å²) in [7, 11) is 0. The summed E-state index contributed by atoms with van der Waals surface area (Å²) in [6.45, 7) is 3.91. The lowest BCUT2D eigenvalue weighted by molar-refractivity contribution is 0.502. The first-order valence-corrected chi connectivity index (χ1v) is 7.11. The minimum atomic E-state index is -0.949. The summed E-state index contributed by atoms with van der Waals surface area (Å²) in [6.07, 6.45) is 1.41. The summed E-state index contributed by atoms with van der Waals surface area (Å²) >= 11 is 6.07. The molecule has 2 nitrogen and oxygen atoms in total. The van der Waals surface area contributed by atoms with Gasteiger partial charge in [0.1, 0.15) is 11.0 Å². The summed E-state index contributed by atoms with van der Waals surface area (Å²) in [6, 6.07) is 0. The Hall–Kier alpha value is -0.620. The molecule has 0 fully saturated rings. The number of hydrogen-bond acceptors (Lipinski definition) is 2. The number of aromatic nitrogens is 2. The van der Waals surface area contributed by atoms with Gasteiger partial charge in [-0.05, 0) is 44.7 Å². The summed E-state index contributed by atoms with van der Waals surface area (Å²) in [4.78, 5) is 8.76. The van der Waals surface area contributed by atoms with E-state index >= 15 is 0 Å². The van der Waals surface area contributed by atoms with Crippen LogP contribution in [0.4, 0.5) is 8.78 Å². The van der Waals surface area contributed by atoms with Crippen LogP contribution in [0.15, 0.2) is 8.95 Å². The van der Waals surface area contributed by atoms with Crippen molar-refractivity contribution in [1.29, 1.82) is 0 Å². The lowest BCUT2D eigenvalue weighted by Gasteiger charge is -2.10. The maximum absolute atomic E-state index is 13.6. The second-order valence-electron chi connectivity index (χ2n) is 3.78. The van der Waals surface area contributed by atoms with Gasteiger partial charge in [-0.15, -0.1) is 0 Å². The average molecular weight is 380 g/mol. The predicted octanol–water partition coefficient (Wildman–Crippen LogP) is 4.56. The molecule has 1 heterocycles. The van der Waals surface area contributed by atoms with Gasteiger partial charge in [0.15, 0.2) is 11.6 Å². The monoisotopic (exact) mass is 378 g/mol. The fraction of sp³-hybridized carbons (Fsp3) is 0.333. The van der Waals surface area contributed by atoms with Gasteiger partial charge in [-0.25, -0.2) is 18.7 Å². The van der Waals surface area contributed by atoms with E-state index in [0.29, 0.717) is 23.9 Å². The van der Waals surface area contributed by atoms with Crippen LogP contribution in [-0.4, -0.2) is 9.97 Å². The van der Waals surface area contributed by atoms with Crippen molar-refractivity contribution in [2.75, 3.05) is 0 Å². The Kier molecular flexibility index (Phi) is 3.96. The van der Waals surface area contributed by atoms with Gasteiger partial charge in [0, 0.05) is 0 Å². The van der Waals surface area contributed by atoms with Crippen molar-refractivity contribution < 1.29 is 8.78 Å². The van der Waals surface area contributed by atoms with Crippen molar-refractivity contribution in [3.05, 3.63) is 32.0 Å². The molecule has 0 spiro atoms. The molecule has 0 amide bonds. The molecule has 0 radical (unpaired) electrons. The molecule has 1 aromatic carbocycles. The summed E-state index contributed by atoms with van der Waals surface area (Å²) in [5.41, 5.74) is 2.30.